The van der Waals surface area contributed by atoms with E-state index in [1.54, 1.807) is 0 Å². The van der Waals surface area contributed by atoms with Crippen LogP contribution >= 0.6 is 23.1 Å². The quantitative estimate of drug-likeness (QED) is 0.360. The maximum Gasteiger partial charge on any atom is 0.423 e. The van der Waals surface area contributed by atoms with Gasteiger partial charge in [0.05, 0.1) is 22.8 Å². The van der Waals surface area contributed by atoms with Crippen LogP contribution in [-0.2, 0) is 9.53 Å². The molecule has 1 heterocycles. The number of thiazole rings is 1. The molecule has 182 valence electrons. The molecule has 1 aromatic rings. The van der Waals surface area contributed by atoms with Gasteiger partial charge in [-0.3, -0.25) is 10.1 Å². The molecule has 2 N–H and O–H groups in total. The van der Waals surface area contributed by atoms with E-state index >= 15 is 0 Å². The monoisotopic (exact) mass is 509 g/mol. The molecule has 0 radical (unpaired) electrons. The fourth-order valence-electron chi connectivity index (χ4n) is 3.17. The first-order valence-corrected chi connectivity index (χ1v) is 11.3. The molecule has 2 amide bonds. The van der Waals surface area contributed by atoms with Crippen molar-refractivity contribution in [3.63, 3.8) is 0 Å². The summed E-state index contributed by atoms with van der Waals surface area (Å²) >= 11 is 2.00. The molecule has 1 aromatic heterocycles. The van der Waals surface area contributed by atoms with Crippen LogP contribution in [0.3, 0.4) is 0 Å². The molecule has 1 aliphatic carbocycles. The molecule has 2 rings (SSSR count). The van der Waals surface area contributed by atoms with Crippen LogP contribution in [0.1, 0.15) is 32.1 Å². The minimum Gasteiger partial charge on any atom is -0.481 e. The van der Waals surface area contributed by atoms with E-state index in [9.17, 15) is 35.9 Å². The average Bonchev–Trinajstić information content (AvgIpc) is 3.12. The second-order valence-corrected chi connectivity index (χ2v) is 9.22. The highest BCUT2D eigenvalue weighted by atomic mass is 32.2. The van der Waals surface area contributed by atoms with Crippen molar-refractivity contribution < 1.29 is 45.8 Å². The number of halogens is 6. The lowest BCUT2D eigenvalue weighted by atomic mass is 9.94. The normalized spacial score (nSPS) is 15.7. The summed E-state index contributed by atoms with van der Waals surface area (Å²) in [5.74, 6) is -1.24. The van der Waals surface area contributed by atoms with Crippen LogP contribution in [0.2, 0.25) is 0 Å². The number of carbonyl (C=O) groups is 2. The van der Waals surface area contributed by atoms with Crippen LogP contribution < -0.4 is 5.32 Å². The van der Waals surface area contributed by atoms with Crippen LogP contribution in [-0.4, -0.2) is 70.4 Å². The maximum absolute atomic E-state index is 12.7. The number of carboxylic acids is 1. The third kappa shape index (κ3) is 8.31. The lowest BCUT2D eigenvalue weighted by Crippen LogP contribution is -2.48. The minimum absolute atomic E-state index is 0.132. The number of nitrogens with one attached hydrogen (secondary N) is 1. The Hall–Kier alpha value is -1.74. The second-order valence-electron chi connectivity index (χ2n) is 6.92. The third-order valence-electron chi connectivity index (χ3n) is 4.52. The number of anilines is 1. The zero-order valence-corrected chi connectivity index (χ0v) is 18.2. The number of urea groups is 1. The summed E-state index contributed by atoms with van der Waals surface area (Å²) in [6.07, 6.45) is -10.2. The summed E-state index contributed by atoms with van der Waals surface area (Å²) in [5.41, 5.74) is 0. The Morgan fingerprint density at radius 2 is 1.84 bits per heavy atom. The fraction of sp³-hybridized carbons (Fsp3) is 0.706. The maximum atomic E-state index is 12.7. The standard InChI is InChI=1S/C17H21F6N3O4S2/c18-16(19,20)13(17(21,22)23)30-7-6-26(10-4-2-1-3-5-10)15(29)25-14-24-8-12(32-14)31-9-11(27)28/h8,10,13H,1-7,9H2,(H,27,28)(H,24,25,29). The molecule has 0 spiro atoms. The molecule has 15 heteroatoms. The number of rotatable bonds is 9. The van der Waals surface area contributed by atoms with Gasteiger partial charge in [-0.1, -0.05) is 30.6 Å². The number of carboxylic acid groups (broad SMARTS) is 1. The van der Waals surface area contributed by atoms with Crippen molar-refractivity contribution >= 4 is 40.2 Å². The summed E-state index contributed by atoms with van der Waals surface area (Å²) < 4.78 is 80.7. The molecule has 0 unspecified atom stereocenters. The van der Waals surface area contributed by atoms with Crippen LogP contribution in [0, 0.1) is 0 Å². The molecular weight excluding hydrogens is 488 g/mol. The Kier molecular flexibility index (Phi) is 9.45. The van der Waals surface area contributed by atoms with Crippen LogP contribution in [0.25, 0.3) is 0 Å². The van der Waals surface area contributed by atoms with Gasteiger partial charge in [0.25, 0.3) is 0 Å². The van der Waals surface area contributed by atoms with Crippen LogP contribution in [0.4, 0.5) is 36.3 Å². The number of carbonyl (C=O) groups excluding carboxylic acids is 1. The first kappa shape index (κ1) is 26.5. The van der Waals surface area contributed by atoms with Gasteiger partial charge in [0.1, 0.15) is 0 Å². The van der Waals surface area contributed by atoms with Crippen molar-refractivity contribution in [1.82, 2.24) is 9.88 Å². The Morgan fingerprint density at radius 1 is 1.22 bits per heavy atom. The number of hydrogen-bond acceptors (Lipinski definition) is 6. The first-order chi connectivity index (χ1) is 14.9. The highest BCUT2D eigenvalue weighted by Crippen LogP contribution is 2.36. The number of aromatic nitrogens is 1. The molecule has 0 aliphatic heterocycles. The number of alkyl halides is 6. The molecule has 7 nitrogen and oxygen atoms in total. The highest BCUT2D eigenvalue weighted by Gasteiger charge is 2.58. The van der Waals surface area contributed by atoms with Crippen molar-refractivity contribution in [3.8, 4) is 0 Å². The minimum atomic E-state index is -5.62. The lowest BCUT2D eigenvalue weighted by Gasteiger charge is -2.34. The topological polar surface area (TPSA) is 91.8 Å². The van der Waals surface area contributed by atoms with Gasteiger partial charge in [0.15, 0.2) is 5.13 Å². The number of thioether (sulfide) groups is 1. The average molecular weight is 509 g/mol. The van der Waals surface area contributed by atoms with Crippen LogP contribution in [0.15, 0.2) is 10.4 Å². The zero-order chi connectivity index (χ0) is 23.9. The van der Waals surface area contributed by atoms with Crippen LogP contribution in [0.5, 0.6) is 0 Å². The summed E-state index contributed by atoms with van der Waals surface area (Å²) in [6.45, 7) is -1.42. The van der Waals surface area contributed by atoms with Crippen molar-refractivity contribution in [2.45, 2.75) is 60.8 Å². The third-order valence-corrected chi connectivity index (χ3v) is 6.62. The molecule has 1 saturated carbocycles. The van der Waals surface area contributed by atoms with Gasteiger partial charge in [-0.15, -0.1) is 11.8 Å². The fourth-order valence-corrected chi connectivity index (χ4v) is 4.75. The number of aliphatic carboxylic acids is 1. The van der Waals surface area contributed by atoms with E-state index in [1.165, 1.54) is 11.1 Å². The molecule has 0 bridgehead atoms. The largest absolute Gasteiger partial charge is 0.481 e. The van der Waals surface area contributed by atoms with E-state index in [1.807, 2.05) is 0 Å². The SMILES string of the molecule is O=C(O)CSc1cnc(NC(=O)N(CCOC(C(F)(F)F)C(F)(F)F)C2CCCCC2)s1. The van der Waals surface area contributed by atoms with E-state index in [0.717, 1.165) is 42.4 Å². The molecule has 0 saturated heterocycles. The zero-order valence-electron chi connectivity index (χ0n) is 16.5. The predicted octanol–water partition coefficient (Wildman–Crippen LogP) is 5.00. The Bertz CT molecular complexity index is 754. The predicted molar refractivity (Wildman–Crippen MR) is 105 cm³/mol. The number of ether oxygens (including phenoxy) is 1. The summed E-state index contributed by atoms with van der Waals surface area (Å²) in [5, 5.41) is 11.3. The Balaban J connectivity index is 2.03. The molecular formula is C17H21F6N3O4S2. The van der Waals surface area contributed by atoms with E-state index in [2.05, 4.69) is 15.0 Å². The van der Waals surface area contributed by atoms with Crippen molar-refractivity contribution in [2.24, 2.45) is 0 Å². The van der Waals surface area contributed by atoms with Gasteiger partial charge < -0.3 is 14.7 Å². The van der Waals surface area contributed by atoms with Crippen molar-refractivity contribution in [2.75, 3.05) is 24.2 Å². The smallest absolute Gasteiger partial charge is 0.423 e. The Morgan fingerprint density at radius 3 is 2.41 bits per heavy atom. The summed E-state index contributed by atoms with van der Waals surface area (Å²) in [7, 11) is 0. The molecule has 1 fully saturated rings. The van der Waals surface area contributed by atoms with Gasteiger partial charge in [-0.2, -0.15) is 26.3 Å². The summed E-state index contributed by atoms with van der Waals surface area (Å²) in [6, 6.07) is -1.08. The number of hydrogen-bond donors (Lipinski definition) is 2. The highest BCUT2D eigenvalue weighted by molar-refractivity contribution is 8.01. The molecule has 0 atom stereocenters. The van der Waals surface area contributed by atoms with Gasteiger partial charge in [0.2, 0.25) is 6.10 Å². The van der Waals surface area contributed by atoms with E-state index < -0.39 is 43.6 Å². The second kappa shape index (κ2) is 11.4. The lowest BCUT2D eigenvalue weighted by molar-refractivity contribution is -0.321. The van der Waals surface area contributed by atoms with E-state index in [4.69, 9.17) is 5.11 Å². The summed E-state index contributed by atoms with van der Waals surface area (Å²) in [4.78, 5) is 28.5. The Labute approximate surface area is 187 Å². The number of amides is 2. The van der Waals surface area contributed by atoms with Gasteiger partial charge in [-0.05, 0) is 12.8 Å². The molecule has 32 heavy (non-hydrogen) atoms. The first-order valence-electron chi connectivity index (χ1n) is 9.51. The van der Waals surface area contributed by atoms with Gasteiger partial charge in [0, 0.05) is 12.6 Å². The van der Waals surface area contributed by atoms with E-state index in [0.29, 0.717) is 17.1 Å². The van der Waals surface area contributed by atoms with Gasteiger partial charge in [-0.25, -0.2) is 9.78 Å². The number of nitrogens with zero attached hydrogens (tertiary/aromatic N) is 2. The van der Waals surface area contributed by atoms with E-state index in [-0.39, 0.29) is 16.9 Å². The molecule has 1 aliphatic rings. The van der Waals surface area contributed by atoms with Gasteiger partial charge >= 0.3 is 24.4 Å². The van der Waals surface area contributed by atoms with Crippen molar-refractivity contribution in [3.05, 3.63) is 6.20 Å². The van der Waals surface area contributed by atoms with Crippen molar-refractivity contribution in [1.29, 1.82) is 0 Å². The molecule has 0 aromatic carbocycles.